The molecule has 1 heterocycles. The molecule has 38 heavy (non-hydrogen) atoms. The molecule has 3 saturated carbocycles. The molecule has 0 aromatic heterocycles. The largest absolute Gasteiger partial charge is 0.481 e. The van der Waals surface area contributed by atoms with Crippen LogP contribution in [0.4, 0.5) is 11.4 Å². The number of non-ortho nitro benzene ring substituents is 1. The molecule has 2 amide bonds. The molecule has 4 fully saturated rings. The van der Waals surface area contributed by atoms with Crippen molar-refractivity contribution in [2.45, 2.75) is 66.2 Å². The van der Waals surface area contributed by atoms with Crippen LogP contribution in [0.25, 0.3) is 0 Å². The molecule has 1 aromatic carbocycles. The summed E-state index contributed by atoms with van der Waals surface area (Å²) in [6.45, 7) is 8.44. The molecule has 6 aliphatic rings. The normalized spacial score (nSPS) is 41.4. The van der Waals surface area contributed by atoms with Crippen molar-refractivity contribution in [2.24, 2.45) is 51.8 Å². The maximum absolute atomic E-state index is 14.3. The number of rotatable bonds is 4. The molecule has 202 valence electrons. The molecule has 1 spiro atoms. The van der Waals surface area contributed by atoms with Crippen molar-refractivity contribution in [1.82, 2.24) is 0 Å². The van der Waals surface area contributed by atoms with Crippen molar-refractivity contribution in [3.63, 3.8) is 0 Å². The summed E-state index contributed by atoms with van der Waals surface area (Å²) in [5.41, 5.74) is -0.195. The van der Waals surface area contributed by atoms with Crippen LogP contribution in [0.2, 0.25) is 0 Å². The molecule has 1 aliphatic heterocycles. The van der Waals surface area contributed by atoms with Gasteiger partial charge < -0.3 is 5.11 Å². The van der Waals surface area contributed by atoms with Gasteiger partial charge in [0.15, 0.2) is 0 Å². The Hall–Kier alpha value is -3.03. The van der Waals surface area contributed by atoms with Gasteiger partial charge in [0.2, 0.25) is 11.8 Å². The summed E-state index contributed by atoms with van der Waals surface area (Å²) in [6, 6.07) is 5.80. The van der Waals surface area contributed by atoms with E-state index in [9.17, 15) is 29.6 Å². The van der Waals surface area contributed by atoms with E-state index in [2.05, 4.69) is 26.8 Å². The number of hydrogen-bond donors (Lipinski definition) is 1. The van der Waals surface area contributed by atoms with Crippen molar-refractivity contribution in [3.8, 4) is 0 Å². The number of carbonyl (C=O) groups excluding carboxylic acids is 2. The van der Waals surface area contributed by atoms with Crippen molar-refractivity contribution < 1.29 is 24.4 Å². The van der Waals surface area contributed by atoms with Crippen molar-refractivity contribution >= 4 is 29.2 Å². The summed E-state index contributed by atoms with van der Waals surface area (Å²) >= 11 is 0. The lowest BCUT2D eigenvalue weighted by atomic mass is 9.34. The number of carboxylic acids is 1. The van der Waals surface area contributed by atoms with Gasteiger partial charge >= 0.3 is 5.97 Å². The molecule has 1 aromatic rings. The number of allylic oxidation sites excluding steroid dienone is 2. The van der Waals surface area contributed by atoms with Gasteiger partial charge in [-0.05, 0) is 74.2 Å². The number of nitro groups is 1. The SMILES string of the molecule is CC(C)C1=C[C@@]23CC[C@H]4[C@](C)(CCC[C@@]4(C)C(=O)O)[C@@H]2C[C@H]1[C@@H]1C(=O)N(c2cccc([N+](=O)[O-])c2)C(=O)[C@H]13. The number of nitrogens with zero attached hydrogens (tertiary/aromatic N) is 2. The Balaban J connectivity index is 1.48. The van der Waals surface area contributed by atoms with Crippen LogP contribution in [-0.2, 0) is 14.4 Å². The van der Waals surface area contributed by atoms with Gasteiger partial charge in [-0.3, -0.25) is 24.5 Å². The zero-order valence-corrected chi connectivity index (χ0v) is 22.5. The second-order valence-electron chi connectivity index (χ2n) is 13.3. The number of amides is 2. The standard InChI is InChI=1S/C30H36N2O6/c1-16(2)20-15-30-12-9-21-28(3,10-6-11-29(21,4)27(35)36)22(30)14-19(20)23-24(30)26(34)31(25(23)33)17-7-5-8-18(13-17)32(37)38/h5,7-8,13,15-16,19,21-24H,6,9-12,14H2,1-4H3,(H,35,36)/t19-,21+,22+,23+,24+,28+,29-,30+/m1/s1. The lowest BCUT2D eigenvalue weighted by Crippen LogP contribution is -2.65. The molecule has 8 nitrogen and oxygen atoms in total. The molecule has 8 heteroatoms. The van der Waals surface area contributed by atoms with Gasteiger partial charge in [-0.2, -0.15) is 0 Å². The summed E-state index contributed by atoms with van der Waals surface area (Å²) in [6.07, 6.45) is 6.97. The quantitative estimate of drug-likeness (QED) is 0.239. The van der Waals surface area contributed by atoms with Gasteiger partial charge in [0.1, 0.15) is 0 Å². The van der Waals surface area contributed by atoms with Crippen LogP contribution >= 0.6 is 0 Å². The second-order valence-corrected chi connectivity index (χ2v) is 13.3. The Morgan fingerprint density at radius 1 is 1.13 bits per heavy atom. The summed E-state index contributed by atoms with van der Waals surface area (Å²) < 4.78 is 0. The lowest BCUT2D eigenvalue weighted by molar-refractivity contribution is -0.384. The van der Waals surface area contributed by atoms with Crippen LogP contribution in [0.5, 0.6) is 0 Å². The highest BCUT2D eigenvalue weighted by atomic mass is 16.6. The Kier molecular flexibility index (Phi) is 5.31. The van der Waals surface area contributed by atoms with E-state index in [4.69, 9.17) is 0 Å². The Labute approximate surface area is 222 Å². The first kappa shape index (κ1) is 25.3. The summed E-state index contributed by atoms with van der Waals surface area (Å²) in [5.74, 6) is -1.95. The third-order valence-electron chi connectivity index (χ3n) is 11.5. The molecule has 0 radical (unpaired) electrons. The van der Waals surface area contributed by atoms with E-state index in [1.807, 2.05) is 6.92 Å². The van der Waals surface area contributed by atoms with E-state index in [0.717, 1.165) is 19.3 Å². The van der Waals surface area contributed by atoms with Gasteiger partial charge in [0.05, 0.1) is 27.9 Å². The topological polar surface area (TPSA) is 118 Å². The Morgan fingerprint density at radius 2 is 1.87 bits per heavy atom. The Bertz CT molecular complexity index is 1300. The first-order chi connectivity index (χ1) is 17.9. The predicted molar refractivity (Wildman–Crippen MR) is 140 cm³/mol. The third kappa shape index (κ3) is 3.00. The van der Waals surface area contributed by atoms with E-state index in [-0.39, 0.29) is 52.3 Å². The predicted octanol–water partition coefficient (Wildman–Crippen LogP) is 5.61. The van der Waals surface area contributed by atoms with Gasteiger partial charge in [-0.25, -0.2) is 4.90 Å². The fourth-order valence-electron chi connectivity index (χ4n) is 9.96. The van der Waals surface area contributed by atoms with E-state index in [1.54, 1.807) is 6.07 Å². The van der Waals surface area contributed by atoms with Crippen molar-refractivity contribution in [2.75, 3.05) is 4.90 Å². The number of imide groups is 1. The molecule has 1 saturated heterocycles. The number of fused-ring (bicyclic) bond motifs is 1. The van der Waals surface area contributed by atoms with E-state index in [0.29, 0.717) is 19.3 Å². The molecule has 8 atom stereocenters. The molecule has 1 N–H and O–H groups in total. The fourth-order valence-corrected chi connectivity index (χ4v) is 9.96. The zero-order valence-electron chi connectivity index (χ0n) is 22.5. The number of carboxylic acid groups (broad SMARTS) is 1. The minimum absolute atomic E-state index is 0.0191. The van der Waals surface area contributed by atoms with Crippen molar-refractivity contribution in [3.05, 3.63) is 46.0 Å². The molecule has 0 unspecified atom stereocenters. The van der Waals surface area contributed by atoms with Crippen LogP contribution in [0.1, 0.15) is 66.2 Å². The third-order valence-corrected chi connectivity index (χ3v) is 11.5. The zero-order chi connectivity index (χ0) is 27.4. The first-order valence-corrected chi connectivity index (χ1v) is 13.9. The van der Waals surface area contributed by atoms with Gasteiger partial charge in [-0.15, -0.1) is 0 Å². The molecule has 2 bridgehead atoms. The maximum Gasteiger partial charge on any atom is 0.309 e. The summed E-state index contributed by atoms with van der Waals surface area (Å²) in [7, 11) is 0. The monoisotopic (exact) mass is 520 g/mol. The van der Waals surface area contributed by atoms with Crippen molar-refractivity contribution in [1.29, 1.82) is 0 Å². The fraction of sp³-hybridized carbons (Fsp3) is 0.633. The van der Waals surface area contributed by atoms with E-state index >= 15 is 0 Å². The highest BCUT2D eigenvalue weighted by Crippen LogP contribution is 2.74. The van der Waals surface area contributed by atoms with Crippen LogP contribution in [0.3, 0.4) is 0 Å². The Morgan fingerprint density at radius 3 is 2.53 bits per heavy atom. The highest BCUT2D eigenvalue weighted by molar-refractivity contribution is 6.23. The number of anilines is 1. The summed E-state index contributed by atoms with van der Waals surface area (Å²) in [5, 5.41) is 21.7. The van der Waals surface area contributed by atoms with Crippen LogP contribution in [0, 0.1) is 61.9 Å². The van der Waals surface area contributed by atoms with Crippen LogP contribution in [-0.4, -0.2) is 27.8 Å². The molecule has 5 aliphatic carbocycles. The number of nitro benzene ring substituents is 1. The number of hydrogen-bond acceptors (Lipinski definition) is 5. The minimum Gasteiger partial charge on any atom is -0.481 e. The first-order valence-electron chi connectivity index (χ1n) is 13.9. The number of benzene rings is 1. The second kappa shape index (κ2) is 7.99. The van der Waals surface area contributed by atoms with Gasteiger partial charge in [-0.1, -0.05) is 44.9 Å². The maximum atomic E-state index is 14.3. The molecular formula is C30H36N2O6. The van der Waals surface area contributed by atoms with E-state index < -0.39 is 33.6 Å². The summed E-state index contributed by atoms with van der Waals surface area (Å²) in [4.78, 5) is 53.0. The minimum atomic E-state index is -0.792. The van der Waals surface area contributed by atoms with Gasteiger partial charge in [0.25, 0.3) is 5.69 Å². The smallest absolute Gasteiger partial charge is 0.309 e. The molecular weight excluding hydrogens is 484 g/mol. The lowest BCUT2D eigenvalue weighted by Gasteiger charge is -2.68. The van der Waals surface area contributed by atoms with E-state index in [1.165, 1.54) is 28.7 Å². The average Bonchev–Trinajstić information content (AvgIpc) is 3.15. The number of aliphatic carboxylic acids is 1. The number of carbonyl (C=O) groups is 3. The van der Waals surface area contributed by atoms with Crippen LogP contribution in [0.15, 0.2) is 35.9 Å². The molecule has 7 rings (SSSR count). The average molecular weight is 521 g/mol. The highest BCUT2D eigenvalue weighted by Gasteiger charge is 2.73. The van der Waals surface area contributed by atoms with Crippen LogP contribution < -0.4 is 4.90 Å². The van der Waals surface area contributed by atoms with Gasteiger partial charge in [0, 0.05) is 17.5 Å².